The van der Waals surface area contributed by atoms with Crippen LogP contribution in [0, 0.1) is 15.9 Å². The standard InChI is InChI=1S/C21H22FN5O3/c1-2-3-4-11-25(13-16-5-8-18(22)9-6-16)21(28)17-7-10-19(20(12-17)27(29)30)26-15-23-14-24-26/h5-10,12,14-15H,2-4,11,13H2,1H3. The van der Waals surface area contributed by atoms with E-state index in [0.717, 1.165) is 24.8 Å². The Balaban J connectivity index is 1.89. The SMILES string of the molecule is CCCCCN(Cc1ccc(F)cc1)C(=O)c1ccc(-n2cncn2)c([N+](=O)[O-])c1. The maximum absolute atomic E-state index is 13.2. The summed E-state index contributed by atoms with van der Waals surface area (Å²) < 4.78 is 14.5. The number of hydrogen-bond acceptors (Lipinski definition) is 5. The number of halogens is 1. The van der Waals surface area contributed by atoms with E-state index < -0.39 is 4.92 Å². The highest BCUT2D eigenvalue weighted by atomic mass is 19.1. The number of nitro groups is 1. The van der Waals surface area contributed by atoms with Crippen molar-refractivity contribution in [1.29, 1.82) is 0 Å². The van der Waals surface area contributed by atoms with E-state index in [1.807, 2.05) is 0 Å². The fourth-order valence-electron chi connectivity index (χ4n) is 3.13. The van der Waals surface area contributed by atoms with Crippen LogP contribution in [0.3, 0.4) is 0 Å². The van der Waals surface area contributed by atoms with Gasteiger partial charge >= 0.3 is 0 Å². The minimum absolute atomic E-state index is 0.212. The number of nitrogens with zero attached hydrogens (tertiary/aromatic N) is 5. The summed E-state index contributed by atoms with van der Waals surface area (Å²) in [7, 11) is 0. The number of hydrogen-bond donors (Lipinski definition) is 0. The summed E-state index contributed by atoms with van der Waals surface area (Å²) in [6.45, 7) is 2.86. The largest absolute Gasteiger partial charge is 0.334 e. The Morgan fingerprint density at radius 1 is 1.20 bits per heavy atom. The third-order valence-electron chi connectivity index (χ3n) is 4.69. The lowest BCUT2D eigenvalue weighted by molar-refractivity contribution is -0.384. The van der Waals surface area contributed by atoms with Crippen LogP contribution in [0.1, 0.15) is 42.1 Å². The maximum Gasteiger partial charge on any atom is 0.295 e. The first-order chi connectivity index (χ1) is 14.5. The average molecular weight is 411 g/mol. The first kappa shape index (κ1) is 21.1. The van der Waals surface area contributed by atoms with Gasteiger partial charge in [-0.2, -0.15) is 5.10 Å². The molecule has 0 aliphatic rings. The lowest BCUT2D eigenvalue weighted by atomic mass is 10.1. The lowest BCUT2D eigenvalue weighted by Gasteiger charge is -2.23. The van der Waals surface area contributed by atoms with Gasteiger partial charge in [-0.05, 0) is 36.2 Å². The minimum Gasteiger partial charge on any atom is -0.334 e. The van der Waals surface area contributed by atoms with Crippen molar-refractivity contribution in [2.45, 2.75) is 32.7 Å². The molecule has 0 saturated carbocycles. The molecule has 8 nitrogen and oxygen atoms in total. The Morgan fingerprint density at radius 2 is 1.97 bits per heavy atom. The Morgan fingerprint density at radius 3 is 2.60 bits per heavy atom. The van der Waals surface area contributed by atoms with Crippen molar-refractivity contribution in [2.24, 2.45) is 0 Å². The van der Waals surface area contributed by atoms with E-state index in [4.69, 9.17) is 0 Å². The molecule has 0 unspecified atom stereocenters. The van der Waals surface area contributed by atoms with Crippen LogP contribution in [0.5, 0.6) is 0 Å². The molecule has 0 radical (unpaired) electrons. The van der Waals surface area contributed by atoms with E-state index in [9.17, 15) is 19.3 Å². The molecule has 0 N–H and O–H groups in total. The van der Waals surface area contributed by atoms with Crippen LogP contribution >= 0.6 is 0 Å². The van der Waals surface area contributed by atoms with E-state index >= 15 is 0 Å². The van der Waals surface area contributed by atoms with Gasteiger partial charge in [-0.15, -0.1) is 0 Å². The molecule has 0 bridgehead atoms. The summed E-state index contributed by atoms with van der Waals surface area (Å²) in [5.74, 6) is -0.661. The van der Waals surface area contributed by atoms with Crippen LogP contribution in [0.15, 0.2) is 55.1 Å². The van der Waals surface area contributed by atoms with Crippen LogP contribution in [-0.4, -0.2) is 37.0 Å². The number of carbonyl (C=O) groups is 1. The topological polar surface area (TPSA) is 94.2 Å². The molecule has 9 heteroatoms. The summed E-state index contributed by atoms with van der Waals surface area (Å²) in [5.41, 5.74) is 0.992. The second-order valence-electron chi connectivity index (χ2n) is 6.86. The lowest BCUT2D eigenvalue weighted by Crippen LogP contribution is -2.31. The van der Waals surface area contributed by atoms with Gasteiger partial charge in [-0.3, -0.25) is 14.9 Å². The van der Waals surface area contributed by atoms with Gasteiger partial charge in [0.2, 0.25) is 0 Å². The Labute approximate surface area is 173 Å². The van der Waals surface area contributed by atoms with Gasteiger partial charge in [0.1, 0.15) is 24.2 Å². The minimum atomic E-state index is -0.546. The summed E-state index contributed by atoms with van der Waals surface area (Å²) in [4.78, 5) is 29.7. The highest BCUT2D eigenvalue weighted by Gasteiger charge is 2.22. The molecule has 3 aromatic rings. The molecule has 0 aliphatic carbocycles. The molecule has 0 atom stereocenters. The normalized spacial score (nSPS) is 10.7. The first-order valence-electron chi connectivity index (χ1n) is 9.66. The van der Waals surface area contributed by atoms with Crippen LogP contribution in [0.2, 0.25) is 0 Å². The number of carbonyl (C=O) groups excluding carboxylic acids is 1. The van der Waals surface area contributed by atoms with Crippen molar-refractivity contribution in [2.75, 3.05) is 6.54 Å². The van der Waals surface area contributed by atoms with Crippen LogP contribution < -0.4 is 0 Å². The van der Waals surface area contributed by atoms with Gasteiger partial charge in [-0.1, -0.05) is 31.9 Å². The molecule has 1 amide bonds. The molecule has 0 fully saturated rings. The summed E-state index contributed by atoms with van der Waals surface area (Å²) in [5, 5.41) is 15.5. The monoisotopic (exact) mass is 411 g/mol. The number of nitro benzene ring substituents is 1. The molecule has 2 aromatic carbocycles. The molecular weight excluding hydrogens is 389 g/mol. The molecule has 30 heavy (non-hydrogen) atoms. The van der Waals surface area contributed by atoms with E-state index in [0.29, 0.717) is 13.1 Å². The second-order valence-corrected chi connectivity index (χ2v) is 6.86. The third kappa shape index (κ3) is 5.05. The number of unbranched alkanes of at least 4 members (excludes halogenated alkanes) is 2. The maximum atomic E-state index is 13.2. The molecule has 1 aromatic heterocycles. The number of aromatic nitrogens is 3. The smallest absolute Gasteiger partial charge is 0.295 e. The predicted molar refractivity (Wildman–Crippen MR) is 109 cm³/mol. The highest BCUT2D eigenvalue weighted by molar-refractivity contribution is 5.95. The molecule has 1 heterocycles. The zero-order valence-corrected chi connectivity index (χ0v) is 16.6. The molecule has 156 valence electrons. The van der Waals surface area contributed by atoms with Gasteiger partial charge in [-0.25, -0.2) is 14.1 Å². The van der Waals surface area contributed by atoms with Gasteiger partial charge < -0.3 is 4.90 Å². The Bertz CT molecular complexity index is 1010. The van der Waals surface area contributed by atoms with Crippen molar-refractivity contribution in [3.63, 3.8) is 0 Å². The Hall–Kier alpha value is -3.62. The predicted octanol–water partition coefficient (Wildman–Crippen LogP) is 4.15. The molecule has 3 rings (SSSR count). The van der Waals surface area contributed by atoms with Crippen molar-refractivity contribution >= 4 is 11.6 Å². The van der Waals surface area contributed by atoms with Gasteiger partial charge in [0.15, 0.2) is 0 Å². The van der Waals surface area contributed by atoms with Crippen molar-refractivity contribution in [1.82, 2.24) is 19.7 Å². The van der Waals surface area contributed by atoms with Crippen molar-refractivity contribution in [3.05, 3.63) is 82.2 Å². The zero-order valence-electron chi connectivity index (χ0n) is 16.6. The van der Waals surface area contributed by atoms with Crippen molar-refractivity contribution in [3.8, 4) is 5.69 Å². The quantitative estimate of drug-likeness (QED) is 0.300. The molecular formula is C21H22FN5O3. The first-order valence-corrected chi connectivity index (χ1v) is 9.66. The number of rotatable bonds is 9. The van der Waals surface area contributed by atoms with Gasteiger partial charge in [0.05, 0.1) is 4.92 Å². The van der Waals surface area contributed by atoms with Crippen LogP contribution in [0.25, 0.3) is 5.69 Å². The highest BCUT2D eigenvalue weighted by Crippen LogP contribution is 2.25. The summed E-state index contributed by atoms with van der Waals surface area (Å²) in [6, 6.07) is 10.3. The van der Waals surface area contributed by atoms with Gasteiger partial charge in [0.25, 0.3) is 11.6 Å². The molecule has 0 aliphatic heterocycles. The average Bonchev–Trinajstić information content (AvgIpc) is 3.28. The number of benzene rings is 2. The summed E-state index contributed by atoms with van der Waals surface area (Å²) >= 11 is 0. The fourth-order valence-corrected chi connectivity index (χ4v) is 3.13. The molecule has 0 spiro atoms. The van der Waals surface area contributed by atoms with Gasteiger partial charge in [0, 0.05) is 24.7 Å². The van der Waals surface area contributed by atoms with Crippen LogP contribution in [-0.2, 0) is 6.54 Å². The fraction of sp³-hybridized carbons (Fsp3) is 0.286. The van der Waals surface area contributed by atoms with Crippen molar-refractivity contribution < 1.29 is 14.1 Å². The van der Waals surface area contributed by atoms with Crippen LogP contribution in [0.4, 0.5) is 10.1 Å². The van der Waals surface area contributed by atoms with E-state index in [-0.39, 0.29) is 28.7 Å². The van der Waals surface area contributed by atoms with E-state index in [1.165, 1.54) is 41.6 Å². The van der Waals surface area contributed by atoms with E-state index in [1.54, 1.807) is 23.1 Å². The second kappa shape index (κ2) is 9.73. The molecule has 0 saturated heterocycles. The summed E-state index contributed by atoms with van der Waals surface area (Å²) in [6.07, 6.45) is 5.40. The number of amides is 1. The Kier molecular flexibility index (Phi) is 6.84. The zero-order chi connectivity index (χ0) is 21.5. The third-order valence-corrected chi connectivity index (χ3v) is 4.69. The van der Waals surface area contributed by atoms with E-state index in [2.05, 4.69) is 17.0 Å².